The van der Waals surface area contributed by atoms with Gasteiger partial charge < -0.3 is 15.0 Å². The number of hydrogen-bond acceptors (Lipinski definition) is 3. The second-order valence-corrected chi connectivity index (χ2v) is 8.13. The molecule has 0 saturated carbocycles. The van der Waals surface area contributed by atoms with Crippen LogP contribution >= 0.6 is 0 Å². The van der Waals surface area contributed by atoms with Gasteiger partial charge in [0.1, 0.15) is 17.3 Å². The molecule has 1 unspecified atom stereocenters. The first-order valence-corrected chi connectivity index (χ1v) is 10.5. The summed E-state index contributed by atoms with van der Waals surface area (Å²) in [6.07, 6.45) is 5.95. The van der Waals surface area contributed by atoms with Gasteiger partial charge in [0, 0.05) is 24.5 Å². The van der Waals surface area contributed by atoms with E-state index in [1.54, 1.807) is 7.05 Å². The highest BCUT2D eigenvalue weighted by Gasteiger charge is 2.24. The minimum Gasteiger partial charge on any atom is -0.388 e. The molecule has 6 heteroatoms. The smallest absolute Gasteiger partial charge is 0.137 e. The number of pyridine rings is 1. The third-order valence-corrected chi connectivity index (χ3v) is 5.99. The summed E-state index contributed by atoms with van der Waals surface area (Å²) in [6, 6.07) is 6.61. The van der Waals surface area contributed by atoms with Crippen LogP contribution in [0.1, 0.15) is 36.1 Å². The molecule has 3 heterocycles. The molecule has 4 rings (SSSR count). The maximum absolute atomic E-state index is 15.2. The van der Waals surface area contributed by atoms with E-state index in [4.69, 9.17) is 0 Å². The molecule has 0 aliphatic carbocycles. The highest BCUT2D eigenvalue weighted by Crippen LogP contribution is 2.34. The molecule has 1 aromatic carbocycles. The Morgan fingerprint density at radius 2 is 2.00 bits per heavy atom. The van der Waals surface area contributed by atoms with Crippen molar-refractivity contribution >= 4 is 11.3 Å². The number of fused-ring (bicyclic) bond motifs is 1. The molecule has 2 aromatic heterocycles. The summed E-state index contributed by atoms with van der Waals surface area (Å²) >= 11 is 0. The molecule has 1 aliphatic heterocycles. The Bertz CT molecular complexity index is 1060. The van der Waals surface area contributed by atoms with Crippen molar-refractivity contribution in [1.82, 2.24) is 20.0 Å². The summed E-state index contributed by atoms with van der Waals surface area (Å²) in [5.74, 6) is -0.787. The van der Waals surface area contributed by atoms with Crippen molar-refractivity contribution in [2.45, 2.75) is 32.6 Å². The summed E-state index contributed by atoms with van der Waals surface area (Å²) in [4.78, 5) is 4.68. The van der Waals surface area contributed by atoms with Gasteiger partial charge in [0.05, 0.1) is 17.0 Å². The van der Waals surface area contributed by atoms with Crippen LogP contribution in [0, 0.1) is 24.5 Å². The Labute approximate surface area is 176 Å². The fraction of sp³-hybridized carbons (Fsp3) is 0.375. The van der Waals surface area contributed by atoms with E-state index in [0.29, 0.717) is 28.5 Å². The van der Waals surface area contributed by atoms with E-state index >= 15 is 8.78 Å². The van der Waals surface area contributed by atoms with Crippen LogP contribution < -0.4 is 10.6 Å². The van der Waals surface area contributed by atoms with E-state index in [1.165, 1.54) is 12.1 Å². The van der Waals surface area contributed by atoms with Gasteiger partial charge in [0.2, 0.25) is 0 Å². The molecule has 2 N–H and O–H groups in total. The Balaban J connectivity index is 1.85. The van der Waals surface area contributed by atoms with Crippen LogP contribution in [0.2, 0.25) is 0 Å². The van der Waals surface area contributed by atoms with Gasteiger partial charge in [-0.1, -0.05) is 6.58 Å². The molecule has 1 fully saturated rings. The van der Waals surface area contributed by atoms with Crippen LogP contribution in [0.4, 0.5) is 8.78 Å². The van der Waals surface area contributed by atoms with Crippen LogP contribution in [0.15, 0.2) is 37.0 Å². The Morgan fingerprint density at radius 1 is 1.23 bits per heavy atom. The summed E-state index contributed by atoms with van der Waals surface area (Å²) in [6.45, 7) is 7.79. The molecule has 0 amide bonds. The normalized spacial score (nSPS) is 17.1. The Hall–Kier alpha value is -2.73. The molecule has 4 nitrogen and oxygen atoms in total. The molecule has 0 radical (unpaired) electrons. The molecule has 1 aliphatic rings. The maximum Gasteiger partial charge on any atom is 0.137 e. The zero-order chi connectivity index (χ0) is 21.3. The third-order valence-electron chi connectivity index (χ3n) is 5.99. The van der Waals surface area contributed by atoms with Gasteiger partial charge in [0.15, 0.2) is 0 Å². The monoisotopic (exact) mass is 410 g/mol. The predicted octanol–water partition coefficient (Wildman–Crippen LogP) is 4.71. The van der Waals surface area contributed by atoms with Gasteiger partial charge in [-0.05, 0) is 81.4 Å². The van der Waals surface area contributed by atoms with Gasteiger partial charge in [0.25, 0.3) is 0 Å². The first-order chi connectivity index (χ1) is 14.5. The molecule has 0 spiro atoms. The fourth-order valence-corrected chi connectivity index (χ4v) is 4.28. The second-order valence-electron chi connectivity index (χ2n) is 8.13. The van der Waals surface area contributed by atoms with Crippen molar-refractivity contribution < 1.29 is 8.78 Å². The highest BCUT2D eigenvalue weighted by molar-refractivity contribution is 5.71. The summed E-state index contributed by atoms with van der Waals surface area (Å²) < 4.78 is 32.3. The van der Waals surface area contributed by atoms with Crippen molar-refractivity contribution in [3.8, 4) is 11.3 Å². The Morgan fingerprint density at radius 3 is 2.73 bits per heavy atom. The Kier molecular flexibility index (Phi) is 5.86. The number of aromatic nitrogens is 2. The molecule has 30 heavy (non-hydrogen) atoms. The molecule has 1 saturated heterocycles. The van der Waals surface area contributed by atoms with E-state index in [2.05, 4.69) is 22.2 Å². The number of nitrogens with one attached hydrogen (secondary N) is 2. The SMILES string of the molecule is C=C(NC)c1cc(F)c(-c2nc3cc(C)ccn3c2CC2CCCNCC2)c(F)c1. The number of rotatable bonds is 5. The number of nitrogens with zero attached hydrogens (tertiary/aromatic N) is 2. The van der Waals surface area contributed by atoms with Crippen LogP contribution in [-0.4, -0.2) is 29.5 Å². The molecular formula is C24H28F2N4. The van der Waals surface area contributed by atoms with Crippen molar-refractivity contribution in [2.75, 3.05) is 20.1 Å². The predicted molar refractivity (Wildman–Crippen MR) is 117 cm³/mol. The van der Waals surface area contributed by atoms with Crippen LogP contribution in [0.5, 0.6) is 0 Å². The molecular weight excluding hydrogens is 382 g/mol. The number of halogens is 2. The zero-order valence-corrected chi connectivity index (χ0v) is 17.6. The lowest BCUT2D eigenvalue weighted by Gasteiger charge is -2.15. The highest BCUT2D eigenvalue weighted by atomic mass is 19.1. The second kappa shape index (κ2) is 8.56. The minimum absolute atomic E-state index is 0.0641. The molecule has 158 valence electrons. The van der Waals surface area contributed by atoms with E-state index in [-0.39, 0.29) is 5.56 Å². The summed E-state index contributed by atoms with van der Waals surface area (Å²) in [5.41, 5.74) is 3.85. The lowest BCUT2D eigenvalue weighted by molar-refractivity contribution is 0.464. The van der Waals surface area contributed by atoms with Gasteiger partial charge in [-0.15, -0.1) is 0 Å². The minimum atomic E-state index is -0.620. The number of hydrogen-bond donors (Lipinski definition) is 2. The largest absolute Gasteiger partial charge is 0.388 e. The first kappa shape index (κ1) is 20.5. The lowest BCUT2D eigenvalue weighted by atomic mass is 9.93. The van der Waals surface area contributed by atoms with Crippen molar-refractivity contribution in [3.05, 3.63) is 65.5 Å². The molecule has 1 atom stereocenters. The van der Waals surface area contributed by atoms with E-state index in [9.17, 15) is 0 Å². The van der Waals surface area contributed by atoms with Gasteiger partial charge in [-0.25, -0.2) is 13.8 Å². The van der Waals surface area contributed by atoms with E-state index in [0.717, 1.165) is 50.0 Å². The maximum atomic E-state index is 15.2. The lowest BCUT2D eigenvalue weighted by Crippen LogP contribution is -2.15. The number of imidazole rings is 1. The average Bonchev–Trinajstić information content (AvgIpc) is 2.88. The third kappa shape index (κ3) is 3.97. The average molecular weight is 411 g/mol. The van der Waals surface area contributed by atoms with E-state index < -0.39 is 11.6 Å². The molecule has 3 aromatic rings. The topological polar surface area (TPSA) is 41.4 Å². The number of aryl methyl sites for hydroxylation is 1. The number of benzene rings is 1. The summed E-state index contributed by atoms with van der Waals surface area (Å²) in [7, 11) is 1.68. The zero-order valence-electron chi connectivity index (χ0n) is 17.6. The standard InChI is InChI=1S/C24H28F2N4/c1-15-7-10-30-21(12-17-5-4-8-28-9-6-17)24(29-22(30)11-15)23-19(25)13-18(14-20(23)26)16(2)27-3/h7,10-11,13-14,17,27-28H,2,4-6,8-9,12H2,1,3H3. The van der Waals surface area contributed by atoms with Gasteiger partial charge >= 0.3 is 0 Å². The van der Waals surface area contributed by atoms with Crippen LogP contribution in [0.3, 0.4) is 0 Å². The van der Waals surface area contributed by atoms with E-state index in [1.807, 2.05) is 29.7 Å². The fourth-order valence-electron chi connectivity index (χ4n) is 4.28. The summed E-state index contributed by atoms with van der Waals surface area (Å²) in [5, 5.41) is 6.27. The van der Waals surface area contributed by atoms with Crippen LogP contribution in [0.25, 0.3) is 22.6 Å². The van der Waals surface area contributed by atoms with Gasteiger partial charge in [-0.3, -0.25) is 0 Å². The van der Waals surface area contributed by atoms with Gasteiger partial charge in [-0.2, -0.15) is 0 Å². The first-order valence-electron chi connectivity index (χ1n) is 10.5. The molecule has 0 bridgehead atoms. The van der Waals surface area contributed by atoms with Crippen molar-refractivity contribution in [1.29, 1.82) is 0 Å². The van der Waals surface area contributed by atoms with Crippen molar-refractivity contribution in [3.63, 3.8) is 0 Å². The van der Waals surface area contributed by atoms with Crippen molar-refractivity contribution in [2.24, 2.45) is 5.92 Å². The quantitative estimate of drug-likeness (QED) is 0.640. The van der Waals surface area contributed by atoms with Crippen LogP contribution in [-0.2, 0) is 6.42 Å².